The van der Waals surface area contributed by atoms with Crippen LogP contribution >= 0.6 is 15.9 Å². The molecule has 0 amide bonds. The summed E-state index contributed by atoms with van der Waals surface area (Å²) < 4.78 is 79.3. The van der Waals surface area contributed by atoms with Crippen LogP contribution in [0.25, 0.3) is 0 Å². The van der Waals surface area contributed by atoms with E-state index in [4.69, 9.17) is 0 Å². The Bertz CT molecular complexity index is 882. The van der Waals surface area contributed by atoms with Crippen LogP contribution in [0, 0.1) is 5.82 Å². The highest BCUT2D eigenvalue weighted by atomic mass is 79.9. The molecule has 136 valence electrons. The van der Waals surface area contributed by atoms with E-state index >= 15 is 0 Å². The first kappa shape index (κ1) is 19.9. The minimum atomic E-state index is -4.71. The molecule has 0 unspecified atom stereocenters. The van der Waals surface area contributed by atoms with Crippen LogP contribution < -0.4 is 4.72 Å². The summed E-state index contributed by atoms with van der Waals surface area (Å²) in [7, 11) is -3.95. The van der Waals surface area contributed by atoms with Crippen molar-refractivity contribution in [2.45, 2.75) is 31.0 Å². The van der Waals surface area contributed by atoms with Gasteiger partial charge < -0.3 is 0 Å². The van der Waals surface area contributed by atoms with Crippen molar-refractivity contribution in [3.05, 3.63) is 63.4 Å². The smallest absolute Gasteiger partial charge is 0.207 e. The summed E-state index contributed by atoms with van der Waals surface area (Å²) in [5, 5.41) is 0. The third-order valence-corrected chi connectivity index (χ3v) is 5.44. The van der Waals surface area contributed by atoms with Crippen LogP contribution in [0.1, 0.15) is 23.6 Å². The van der Waals surface area contributed by atoms with E-state index in [1.165, 1.54) is 6.07 Å². The van der Waals surface area contributed by atoms with Gasteiger partial charge in [-0.3, -0.25) is 0 Å². The van der Waals surface area contributed by atoms with E-state index in [1.54, 1.807) is 19.1 Å². The monoisotopic (exact) mass is 439 g/mol. The molecule has 0 bridgehead atoms. The number of rotatable bonds is 5. The van der Waals surface area contributed by atoms with Gasteiger partial charge in [0.05, 0.1) is 10.5 Å². The number of halogens is 5. The zero-order chi connectivity index (χ0) is 18.8. The summed E-state index contributed by atoms with van der Waals surface area (Å²) in [5.74, 6) is -1.08. The van der Waals surface area contributed by atoms with Crippen LogP contribution in [-0.2, 0) is 29.2 Å². The van der Waals surface area contributed by atoms with E-state index in [0.29, 0.717) is 28.6 Å². The lowest BCUT2D eigenvalue weighted by Crippen LogP contribution is -2.24. The van der Waals surface area contributed by atoms with Crippen molar-refractivity contribution in [3.63, 3.8) is 0 Å². The normalized spacial score (nSPS) is 12.4. The fraction of sp³-hybridized carbons (Fsp3) is 0.250. The lowest BCUT2D eigenvalue weighted by molar-refractivity contribution is -0.137. The molecular weight excluding hydrogens is 426 g/mol. The molecule has 9 heteroatoms. The predicted octanol–water partition coefficient (Wildman–Crippen LogP) is 4.65. The van der Waals surface area contributed by atoms with E-state index in [2.05, 4.69) is 20.7 Å². The van der Waals surface area contributed by atoms with E-state index < -0.39 is 34.1 Å². The molecule has 0 aliphatic heterocycles. The van der Waals surface area contributed by atoms with E-state index in [0.717, 1.165) is 6.07 Å². The van der Waals surface area contributed by atoms with Crippen LogP contribution in [0.15, 0.2) is 45.8 Å². The molecular formula is C16H14BrF4NO2S. The number of sulfonamides is 1. The van der Waals surface area contributed by atoms with Gasteiger partial charge in [-0.05, 0) is 53.9 Å². The number of hydrogen-bond donors (Lipinski definition) is 1. The molecule has 1 N–H and O–H groups in total. The molecule has 0 radical (unpaired) electrons. The fourth-order valence-electron chi connectivity index (χ4n) is 2.26. The minimum Gasteiger partial charge on any atom is -0.207 e. The summed E-state index contributed by atoms with van der Waals surface area (Å²) in [6, 6.07) is 6.55. The van der Waals surface area contributed by atoms with Gasteiger partial charge >= 0.3 is 6.18 Å². The summed E-state index contributed by atoms with van der Waals surface area (Å²) >= 11 is 3.25. The maximum atomic E-state index is 13.4. The molecule has 0 heterocycles. The molecule has 0 aromatic heterocycles. The minimum absolute atomic E-state index is 0.0330. The summed E-state index contributed by atoms with van der Waals surface area (Å²) in [6.45, 7) is 1.32. The van der Waals surface area contributed by atoms with Crippen molar-refractivity contribution >= 4 is 26.0 Å². The molecule has 0 spiro atoms. The van der Waals surface area contributed by atoms with Crippen LogP contribution in [-0.4, -0.2) is 8.42 Å². The average molecular weight is 440 g/mol. The van der Waals surface area contributed by atoms with Gasteiger partial charge in [-0.1, -0.05) is 22.9 Å². The second-order valence-corrected chi connectivity index (χ2v) is 7.93. The lowest BCUT2D eigenvalue weighted by atomic mass is 10.1. The Hall–Kier alpha value is -1.45. The SMILES string of the molecule is CCc1cc(Br)ccc1S(=O)(=O)NCc1cc(F)cc(C(F)(F)F)c1. The van der Waals surface area contributed by atoms with Crippen LogP contribution in [0.2, 0.25) is 0 Å². The predicted molar refractivity (Wildman–Crippen MR) is 88.9 cm³/mol. The number of benzene rings is 2. The molecule has 0 saturated heterocycles. The topological polar surface area (TPSA) is 46.2 Å². The van der Waals surface area contributed by atoms with Gasteiger partial charge in [0.2, 0.25) is 10.0 Å². The van der Waals surface area contributed by atoms with Gasteiger partial charge in [-0.25, -0.2) is 17.5 Å². The molecule has 0 fully saturated rings. The molecule has 3 nitrogen and oxygen atoms in total. The molecule has 2 rings (SSSR count). The van der Waals surface area contributed by atoms with Crippen molar-refractivity contribution in [1.29, 1.82) is 0 Å². The number of hydrogen-bond acceptors (Lipinski definition) is 2. The van der Waals surface area contributed by atoms with Gasteiger partial charge in [0.1, 0.15) is 5.82 Å². The van der Waals surface area contributed by atoms with Crippen molar-refractivity contribution in [3.8, 4) is 0 Å². The summed E-state index contributed by atoms with van der Waals surface area (Å²) in [4.78, 5) is 0.0330. The summed E-state index contributed by atoms with van der Waals surface area (Å²) in [5.41, 5.74) is -0.734. The Morgan fingerprint density at radius 1 is 1.12 bits per heavy atom. The quantitative estimate of drug-likeness (QED) is 0.689. The van der Waals surface area contributed by atoms with Gasteiger partial charge in [-0.2, -0.15) is 13.2 Å². The zero-order valence-electron chi connectivity index (χ0n) is 13.0. The number of aryl methyl sites for hydroxylation is 1. The first-order valence-electron chi connectivity index (χ1n) is 7.17. The van der Waals surface area contributed by atoms with Gasteiger partial charge in [0.15, 0.2) is 0 Å². The summed E-state index contributed by atoms with van der Waals surface area (Å²) in [6.07, 6.45) is -4.26. The maximum Gasteiger partial charge on any atom is 0.416 e. The molecule has 2 aromatic carbocycles. The standard InChI is InChI=1S/C16H14BrF4NO2S/c1-2-11-7-13(17)3-4-15(11)25(23,24)22-9-10-5-12(16(19,20)21)8-14(18)6-10/h3-8,22H,2,9H2,1H3. The van der Waals surface area contributed by atoms with E-state index in [1.807, 2.05) is 0 Å². The van der Waals surface area contributed by atoms with Crippen LogP contribution in [0.3, 0.4) is 0 Å². The Morgan fingerprint density at radius 2 is 1.80 bits per heavy atom. The van der Waals surface area contributed by atoms with Crippen LogP contribution in [0.5, 0.6) is 0 Å². The highest BCUT2D eigenvalue weighted by molar-refractivity contribution is 9.10. The van der Waals surface area contributed by atoms with Crippen molar-refractivity contribution in [1.82, 2.24) is 4.72 Å². The van der Waals surface area contributed by atoms with E-state index in [-0.39, 0.29) is 10.5 Å². The highest BCUT2D eigenvalue weighted by Crippen LogP contribution is 2.30. The van der Waals surface area contributed by atoms with E-state index in [9.17, 15) is 26.0 Å². The molecule has 0 aliphatic carbocycles. The second-order valence-electron chi connectivity index (χ2n) is 5.28. The lowest BCUT2D eigenvalue weighted by Gasteiger charge is -2.13. The Kier molecular flexibility index (Phi) is 5.90. The molecule has 0 saturated carbocycles. The van der Waals surface area contributed by atoms with Gasteiger partial charge in [-0.15, -0.1) is 0 Å². The maximum absolute atomic E-state index is 13.4. The van der Waals surface area contributed by atoms with Crippen molar-refractivity contribution in [2.75, 3.05) is 0 Å². The third kappa shape index (κ3) is 5.02. The third-order valence-electron chi connectivity index (χ3n) is 3.44. The first-order chi connectivity index (χ1) is 11.5. The second kappa shape index (κ2) is 7.43. The largest absolute Gasteiger partial charge is 0.416 e. The van der Waals surface area contributed by atoms with Crippen molar-refractivity contribution < 1.29 is 26.0 Å². The molecule has 0 atom stereocenters. The average Bonchev–Trinajstić information content (AvgIpc) is 2.51. The highest BCUT2D eigenvalue weighted by Gasteiger charge is 2.31. The zero-order valence-corrected chi connectivity index (χ0v) is 15.4. The Morgan fingerprint density at radius 3 is 2.40 bits per heavy atom. The van der Waals surface area contributed by atoms with Crippen LogP contribution in [0.4, 0.5) is 17.6 Å². The number of alkyl halides is 3. The molecule has 25 heavy (non-hydrogen) atoms. The molecule has 2 aromatic rings. The molecule has 0 aliphatic rings. The first-order valence-corrected chi connectivity index (χ1v) is 9.45. The Balaban J connectivity index is 2.28. The van der Waals surface area contributed by atoms with Gasteiger partial charge in [0, 0.05) is 11.0 Å². The van der Waals surface area contributed by atoms with Gasteiger partial charge in [0.25, 0.3) is 0 Å². The number of nitrogens with one attached hydrogen (secondary N) is 1. The Labute approximate surface area is 151 Å². The fourth-order valence-corrected chi connectivity index (χ4v) is 3.98. The van der Waals surface area contributed by atoms with Crippen molar-refractivity contribution in [2.24, 2.45) is 0 Å².